The van der Waals surface area contributed by atoms with Crippen LogP contribution in [0.4, 0.5) is 0 Å². The van der Waals surface area contributed by atoms with Crippen molar-refractivity contribution in [1.29, 1.82) is 0 Å². The fourth-order valence-corrected chi connectivity index (χ4v) is 4.03. The maximum Gasteiger partial charge on any atom is 0.310 e. The molecular weight excluding hydrogens is 276 g/mol. The van der Waals surface area contributed by atoms with Crippen molar-refractivity contribution in [2.45, 2.75) is 26.3 Å². The van der Waals surface area contributed by atoms with E-state index in [-0.39, 0.29) is 17.3 Å². The van der Waals surface area contributed by atoms with Gasteiger partial charge in [-0.3, -0.25) is 9.69 Å². The molecule has 120 valence electrons. The van der Waals surface area contributed by atoms with Crippen LogP contribution in [0.1, 0.15) is 25.3 Å². The molecule has 2 aliphatic rings. The SMILES string of the molecule is CCOC(=O)[C@H]1CN(Cc2ccccc2)CC12CCNCC2. The summed E-state index contributed by atoms with van der Waals surface area (Å²) in [5, 5.41) is 3.42. The van der Waals surface area contributed by atoms with Crippen molar-refractivity contribution in [3.8, 4) is 0 Å². The van der Waals surface area contributed by atoms with E-state index in [2.05, 4.69) is 34.5 Å². The predicted octanol–water partition coefficient (Wildman–Crippen LogP) is 2.05. The van der Waals surface area contributed by atoms with E-state index in [1.165, 1.54) is 5.56 Å². The molecule has 2 fully saturated rings. The van der Waals surface area contributed by atoms with Crippen molar-refractivity contribution in [1.82, 2.24) is 10.2 Å². The van der Waals surface area contributed by atoms with E-state index in [4.69, 9.17) is 4.74 Å². The fourth-order valence-electron chi connectivity index (χ4n) is 4.03. The number of carbonyl (C=O) groups is 1. The van der Waals surface area contributed by atoms with Crippen LogP contribution < -0.4 is 5.32 Å². The number of likely N-dealkylation sites (tertiary alicyclic amines) is 1. The third-order valence-corrected chi connectivity index (χ3v) is 5.14. The van der Waals surface area contributed by atoms with Crippen molar-refractivity contribution in [3.63, 3.8) is 0 Å². The number of ether oxygens (including phenoxy) is 1. The molecule has 3 rings (SSSR count). The Labute approximate surface area is 132 Å². The quantitative estimate of drug-likeness (QED) is 0.864. The minimum atomic E-state index is -0.0000355. The molecule has 22 heavy (non-hydrogen) atoms. The largest absolute Gasteiger partial charge is 0.466 e. The van der Waals surface area contributed by atoms with E-state index in [0.29, 0.717) is 6.61 Å². The molecule has 1 atom stereocenters. The van der Waals surface area contributed by atoms with Crippen molar-refractivity contribution in [3.05, 3.63) is 35.9 Å². The smallest absolute Gasteiger partial charge is 0.310 e. The van der Waals surface area contributed by atoms with Crippen LogP contribution in [0, 0.1) is 11.3 Å². The van der Waals surface area contributed by atoms with E-state index in [0.717, 1.165) is 45.6 Å². The molecule has 0 radical (unpaired) electrons. The van der Waals surface area contributed by atoms with Crippen LogP contribution in [0.15, 0.2) is 30.3 Å². The summed E-state index contributed by atoms with van der Waals surface area (Å²) in [5.74, 6) is 0.0261. The first kappa shape index (κ1) is 15.5. The van der Waals surface area contributed by atoms with E-state index in [1.807, 2.05) is 13.0 Å². The van der Waals surface area contributed by atoms with Gasteiger partial charge in [0, 0.05) is 25.0 Å². The topological polar surface area (TPSA) is 41.6 Å². The summed E-state index contributed by atoms with van der Waals surface area (Å²) >= 11 is 0. The number of carbonyl (C=O) groups excluding carboxylic acids is 1. The Morgan fingerprint density at radius 1 is 1.32 bits per heavy atom. The van der Waals surface area contributed by atoms with E-state index >= 15 is 0 Å². The summed E-state index contributed by atoms with van der Waals surface area (Å²) < 4.78 is 5.37. The lowest BCUT2D eigenvalue weighted by molar-refractivity contribution is -0.151. The van der Waals surface area contributed by atoms with Crippen molar-refractivity contribution in [2.24, 2.45) is 11.3 Å². The molecule has 1 aromatic rings. The molecule has 0 aromatic heterocycles. The molecule has 1 spiro atoms. The van der Waals surface area contributed by atoms with Crippen LogP contribution in [-0.2, 0) is 16.1 Å². The van der Waals surface area contributed by atoms with Crippen molar-refractivity contribution < 1.29 is 9.53 Å². The first-order valence-corrected chi connectivity index (χ1v) is 8.37. The van der Waals surface area contributed by atoms with Crippen LogP contribution in [0.5, 0.6) is 0 Å². The highest BCUT2D eigenvalue weighted by atomic mass is 16.5. The Kier molecular flexibility index (Phi) is 4.79. The van der Waals surface area contributed by atoms with Crippen molar-refractivity contribution >= 4 is 5.97 Å². The minimum absolute atomic E-state index is 0.0000355. The second-order valence-electron chi connectivity index (χ2n) is 6.57. The van der Waals surface area contributed by atoms with Gasteiger partial charge >= 0.3 is 5.97 Å². The number of rotatable bonds is 4. The lowest BCUT2D eigenvalue weighted by Gasteiger charge is -2.37. The standard InChI is InChI=1S/C18H26N2O2/c1-2-22-17(21)16-13-20(12-15-6-4-3-5-7-15)14-18(16)8-10-19-11-9-18/h3-7,16,19H,2,8-14H2,1H3/t16-/m1/s1. The highest BCUT2D eigenvalue weighted by Crippen LogP contribution is 2.44. The zero-order valence-electron chi connectivity index (χ0n) is 13.4. The zero-order chi connectivity index (χ0) is 15.4. The summed E-state index contributed by atoms with van der Waals surface area (Å²) in [5.41, 5.74) is 1.42. The van der Waals surface area contributed by atoms with Gasteiger partial charge in [-0.25, -0.2) is 0 Å². The van der Waals surface area contributed by atoms with Gasteiger partial charge in [0.2, 0.25) is 0 Å². The maximum absolute atomic E-state index is 12.4. The zero-order valence-corrected chi connectivity index (χ0v) is 13.4. The Morgan fingerprint density at radius 2 is 2.05 bits per heavy atom. The highest BCUT2D eigenvalue weighted by molar-refractivity contribution is 5.74. The second kappa shape index (κ2) is 6.80. The maximum atomic E-state index is 12.4. The predicted molar refractivity (Wildman–Crippen MR) is 86.4 cm³/mol. The third-order valence-electron chi connectivity index (χ3n) is 5.14. The summed E-state index contributed by atoms with van der Waals surface area (Å²) in [4.78, 5) is 14.9. The van der Waals surface area contributed by atoms with Gasteiger partial charge in [0.1, 0.15) is 0 Å². The molecule has 4 nitrogen and oxygen atoms in total. The molecule has 4 heteroatoms. The Hall–Kier alpha value is -1.39. The number of nitrogens with one attached hydrogen (secondary N) is 1. The Morgan fingerprint density at radius 3 is 2.73 bits per heavy atom. The number of hydrogen-bond donors (Lipinski definition) is 1. The third kappa shape index (κ3) is 3.18. The van der Waals surface area contributed by atoms with Crippen molar-refractivity contribution in [2.75, 3.05) is 32.8 Å². The highest BCUT2D eigenvalue weighted by Gasteiger charge is 2.50. The first-order chi connectivity index (χ1) is 10.7. The first-order valence-electron chi connectivity index (χ1n) is 8.37. The van der Waals surface area contributed by atoms with Gasteiger partial charge in [0.05, 0.1) is 12.5 Å². The van der Waals surface area contributed by atoms with E-state index in [9.17, 15) is 4.79 Å². The fraction of sp³-hybridized carbons (Fsp3) is 0.611. The van der Waals surface area contributed by atoms with E-state index in [1.54, 1.807) is 0 Å². The Balaban J connectivity index is 1.74. The van der Waals surface area contributed by atoms with Gasteiger partial charge in [-0.15, -0.1) is 0 Å². The van der Waals surface area contributed by atoms with Gasteiger partial charge < -0.3 is 10.1 Å². The summed E-state index contributed by atoms with van der Waals surface area (Å²) in [6, 6.07) is 10.5. The number of piperidine rings is 1. The molecule has 2 heterocycles. The molecule has 1 N–H and O–H groups in total. The molecule has 2 aliphatic heterocycles. The molecule has 0 unspecified atom stereocenters. The number of nitrogens with zero attached hydrogens (tertiary/aromatic N) is 1. The second-order valence-corrected chi connectivity index (χ2v) is 6.57. The van der Waals surface area contributed by atoms with Gasteiger partial charge in [0.15, 0.2) is 0 Å². The Bertz CT molecular complexity index is 497. The minimum Gasteiger partial charge on any atom is -0.466 e. The average Bonchev–Trinajstić information content (AvgIpc) is 2.87. The lowest BCUT2D eigenvalue weighted by atomic mass is 9.71. The molecule has 0 amide bonds. The van der Waals surface area contributed by atoms with Crippen LogP contribution in [0.2, 0.25) is 0 Å². The molecule has 1 aromatic carbocycles. The molecule has 0 saturated carbocycles. The number of hydrogen-bond acceptors (Lipinski definition) is 4. The van der Waals surface area contributed by atoms with Crippen LogP contribution >= 0.6 is 0 Å². The molecule has 0 bridgehead atoms. The monoisotopic (exact) mass is 302 g/mol. The summed E-state index contributed by atoms with van der Waals surface area (Å²) in [7, 11) is 0. The van der Waals surface area contributed by atoms with Crippen LogP contribution in [-0.4, -0.2) is 43.7 Å². The summed E-state index contributed by atoms with van der Waals surface area (Å²) in [6.07, 6.45) is 2.14. The van der Waals surface area contributed by atoms with E-state index < -0.39 is 0 Å². The van der Waals surface area contributed by atoms with Gasteiger partial charge in [-0.1, -0.05) is 30.3 Å². The van der Waals surface area contributed by atoms with Gasteiger partial charge in [0.25, 0.3) is 0 Å². The molecule has 0 aliphatic carbocycles. The van der Waals surface area contributed by atoms with Gasteiger partial charge in [-0.2, -0.15) is 0 Å². The lowest BCUT2D eigenvalue weighted by Crippen LogP contribution is -2.44. The normalized spacial score (nSPS) is 24.5. The molecular formula is C18H26N2O2. The van der Waals surface area contributed by atoms with Gasteiger partial charge in [-0.05, 0) is 38.4 Å². The number of esters is 1. The average molecular weight is 302 g/mol. The molecule has 2 saturated heterocycles. The van der Waals surface area contributed by atoms with Crippen LogP contribution in [0.25, 0.3) is 0 Å². The number of benzene rings is 1. The van der Waals surface area contributed by atoms with Crippen LogP contribution in [0.3, 0.4) is 0 Å². The summed E-state index contributed by atoms with van der Waals surface area (Å²) in [6.45, 7) is 7.14.